The number of hydrogen-bond acceptors (Lipinski definition) is 4. The third-order valence-corrected chi connectivity index (χ3v) is 4.23. The number of benzene rings is 2. The third-order valence-electron chi connectivity index (χ3n) is 3.70. The Hall–Kier alpha value is -2.44. The lowest BCUT2D eigenvalue weighted by Crippen LogP contribution is -2.27. The van der Waals surface area contributed by atoms with Crippen molar-refractivity contribution in [1.82, 2.24) is 4.90 Å². The molecule has 2 aromatic rings. The van der Waals surface area contributed by atoms with Crippen molar-refractivity contribution in [3.8, 4) is 11.5 Å². The van der Waals surface area contributed by atoms with Gasteiger partial charge in [0.05, 0.1) is 11.6 Å². The van der Waals surface area contributed by atoms with E-state index in [9.17, 15) is 9.59 Å². The van der Waals surface area contributed by atoms with Crippen LogP contribution in [0, 0.1) is 0 Å². The second-order valence-corrected chi connectivity index (χ2v) is 7.02. The van der Waals surface area contributed by atoms with Gasteiger partial charge in [0.2, 0.25) is 5.91 Å². The molecule has 0 radical (unpaired) electrons. The van der Waals surface area contributed by atoms with Gasteiger partial charge in [-0.25, -0.2) is 0 Å². The maximum absolute atomic E-state index is 12.0. The van der Waals surface area contributed by atoms with Crippen LogP contribution in [0.15, 0.2) is 42.5 Å². The van der Waals surface area contributed by atoms with E-state index in [1.807, 2.05) is 0 Å². The van der Waals surface area contributed by atoms with E-state index >= 15 is 0 Å². The van der Waals surface area contributed by atoms with Gasteiger partial charge in [-0.3, -0.25) is 9.59 Å². The zero-order chi connectivity index (χ0) is 20.5. The van der Waals surface area contributed by atoms with E-state index in [0.29, 0.717) is 46.7 Å². The number of carbonyl (C=O) groups is 2. The molecule has 0 aliphatic heterocycles. The summed E-state index contributed by atoms with van der Waals surface area (Å²) in [4.78, 5) is 25.0. The molecule has 0 aliphatic carbocycles. The average molecular weight is 425 g/mol. The van der Waals surface area contributed by atoms with Gasteiger partial charge in [0, 0.05) is 31.2 Å². The van der Waals surface area contributed by atoms with E-state index in [1.54, 1.807) is 56.6 Å². The van der Waals surface area contributed by atoms with Crippen molar-refractivity contribution in [3.63, 3.8) is 0 Å². The zero-order valence-electron chi connectivity index (χ0n) is 15.7. The summed E-state index contributed by atoms with van der Waals surface area (Å²) in [6, 6.07) is 11.8. The number of nitrogens with one attached hydrogen (secondary N) is 1. The van der Waals surface area contributed by atoms with E-state index in [4.69, 9.17) is 32.7 Å². The number of carbonyl (C=O) groups excluding carboxylic acids is 2. The first kappa shape index (κ1) is 21.9. The van der Waals surface area contributed by atoms with Gasteiger partial charge < -0.3 is 19.7 Å². The molecule has 150 valence electrons. The highest BCUT2D eigenvalue weighted by atomic mass is 35.5. The fraction of sp³-hybridized carbons (Fsp3) is 0.300. The van der Waals surface area contributed by atoms with Crippen molar-refractivity contribution in [3.05, 3.63) is 52.5 Å². The van der Waals surface area contributed by atoms with Crippen LogP contribution in [-0.4, -0.2) is 44.0 Å². The largest absolute Gasteiger partial charge is 0.492 e. The van der Waals surface area contributed by atoms with Crippen LogP contribution in [0.4, 0.5) is 5.69 Å². The van der Waals surface area contributed by atoms with E-state index in [-0.39, 0.29) is 18.4 Å². The molecule has 28 heavy (non-hydrogen) atoms. The Bertz CT molecular complexity index is 810. The number of likely N-dealkylation sites (N-methyl/N-ethyl adjacent to an activating group) is 1. The molecule has 0 unspecified atom stereocenters. The van der Waals surface area contributed by atoms with Crippen LogP contribution in [-0.2, 0) is 9.59 Å². The maximum atomic E-state index is 12.0. The van der Waals surface area contributed by atoms with Crippen molar-refractivity contribution in [2.24, 2.45) is 0 Å². The van der Waals surface area contributed by atoms with Crippen LogP contribution < -0.4 is 14.8 Å². The molecule has 0 heterocycles. The smallest absolute Gasteiger partial charge is 0.259 e. The van der Waals surface area contributed by atoms with Crippen molar-refractivity contribution in [1.29, 1.82) is 0 Å². The van der Waals surface area contributed by atoms with Gasteiger partial charge >= 0.3 is 0 Å². The summed E-state index contributed by atoms with van der Waals surface area (Å²) in [6.07, 6.45) is 0.847. The van der Waals surface area contributed by atoms with Gasteiger partial charge in [0.1, 0.15) is 11.5 Å². The molecular weight excluding hydrogens is 403 g/mol. The fourth-order valence-electron chi connectivity index (χ4n) is 2.14. The number of anilines is 1. The Kier molecular flexibility index (Phi) is 8.42. The molecule has 2 aromatic carbocycles. The molecule has 6 nitrogen and oxygen atoms in total. The number of amides is 2. The highest BCUT2D eigenvalue weighted by Crippen LogP contribution is 2.27. The average Bonchev–Trinajstić information content (AvgIpc) is 2.65. The van der Waals surface area contributed by atoms with E-state index in [1.165, 1.54) is 4.90 Å². The first-order valence-electron chi connectivity index (χ1n) is 8.66. The quantitative estimate of drug-likeness (QED) is 0.610. The van der Waals surface area contributed by atoms with Gasteiger partial charge in [0.25, 0.3) is 5.91 Å². The molecule has 8 heteroatoms. The summed E-state index contributed by atoms with van der Waals surface area (Å²) in [5.74, 6) is 0.845. The van der Waals surface area contributed by atoms with Crippen LogP contribution in [0.3, 0.4) is 0 Å². The first-order valence-corrected chi connectivity index (χ1v) is 9.41. The van der Waals surface area contributed by atoms with Crippen molar-refractivity contribution >= 4 is 40.7 Å². The molecular formula is C20H22Cl2N2O4. The summed E-state index contributed by atoms with van der Waals surface area (Å²) in [5, 5.41) is 3.78. The highest BCUT2D eigenvalue weighted by molar-refractivity contribution is 6.35. The molecule has 2 amide bonds. The molecule has 0 saturated heterocycles. The van der Waals surface area contributed by atoms with Gasteiger partial charge in [-0.1, -0.05) is 23.2 Å². The lowest BCUT2D eigenvalue weighted by molar-refractivity contribution is -0.130. The van der Waals surface area contributed by atoms with Crippen LogP contribution in [0.2, 0.25) is 10.0 Å². The minimum Gasteiger partial charge on any atom is -0.492 e. The lowest BCUT2D eigenvalue weighted by Gasteiger charge is -2.12. The molecule has 0 fully saturated rings. The third kappa shape index (κ3) is 7.29. The summed E-state index contributed by atoms with van der Waals surface area (Å²) in [5.41, 5.74) is 0.651. The van der Waals surface area contributed by atoms with Gasteiger partial charge in [0.15, 0.2) is 6.61 Å². The summed E-state index contributed by atoms with van der Waals surface area (Å²) >= 11 is 11.9. The predicted molar refractivity (Wildman–Crippen MR) is 110 cm³/mol. The summed E-state index contributed by atoms with van der Waals surface area (Å²) in [6.45, 7) is 0.331. The van der Waals surface area contributed by atoms with E-state index in [0.717, 1.165) is 0 Å². The Labute approximate surface area is 174 Å². The molecule has 0 bridgehead atoms. The Balaban J connectivity index is 1.70. The normalized spacial score (nSPS) is 10.3. The highest BCUT2D eigenvalue weighted by Gasteiger charge is 2.07. The number of halogens is 2. The Morgan fingerprint density at radius 3 is 2.39 bits per heavy atom. The summed E-state index contributed by atoms with van der Waals surface area (Å²) < 4.78 is 10.9. The SMILES string of the molecule is CN(C)C(=O)COc1ccc(NC(=O)CCCOc2ccc(Cl)cc2Cl)cc1. The van der Waals surface area contributed by atoms with Crippen LogP contribution in [0.5, 0.6) is 11.5 Å². The topological polar surface area (TPSA) is 67.9 Å². The molecule has 0 aromatic heterocycles. The Morgan fingerprint density at radius 2 is 1.75 bits per heavy atom. The molecule has 0 spiro atoms. The maximum Gasteiger partial charge on any atom is 0.259 e. The van der Waals surface area contributed by atoms with E-state index < -0.39 is 0 Å². The van der Waals surface area contributed by atoms with Gasteiger partial charge in [-0.05, 0) is 48.9 Å². The molecule has 1 N–H and O–H groups in total. The van der Waals surface area contributed by atoms with Crippen LogP contribution >= 0.6 is 23.2 Å². The second-order valence-electron chi connectivity index (χ2n) is 6.18. The van der Waals surface area contributed by atoms with Crippen molar-refractivity contribution < 1.29 is 19.1 Å². The predicted octanol–water partition coefficient (Wildman–Crippen LogP) is 4.26. The number of ether oxygens (including phenoxy) is 2. The molecule has 0 saturated carbocycles. The minimum atomic E-state index is -0.125. The number of rotatable bonds is 9. The fourth-order valence-corrected chi connectivity index (χ4v) is 2.60. The number of nitrogens with zero attached hydrogens (tertiary/aromatic N) is 1. The van der Waals surface area contributed by atoms with Gasteiger partial charge in [-0.15, -0.1) is 0 Å². The first-order chi connectivity index (χ1) is 13.3. The van der Waals surface area contributed by atoms with E-state index in [2.05, 4.69) is 5.32 Å². The minimum absolute atomic E-state index is 0.0314. The zero-order valence-corrected chi connectivity index (χ0v) is 17.2. The van der Waals surface area contributed by atoms with Gasteiger partial charge in [-0.2, -0.15) is 0 Å². The monoisotopic (exact) mass is 424 g/mol. The lowest BCUT2D eigenvalue weighted by atomic mass is 10.2. The van der Waals surface area contributed by atoms with Crippen molar-refractivity contribution in [2.45, 2.75) is 12.8 Å². The molecule has 0 atom stereocenters. The van der Waals surface area contributed by atoms with Crippen molar-refractivity contribution in [2.75, 3.05) is 32.6 Å². The summed E-state index contributed by atoms with van der Waals surface area (Å²) in [7, 11) is 3.33. The Morgan fingerprint density at radius 1 is 1.04 bits per heavy atom. The molecule has 0 aliphatic rings. The second kappa shape index (κ2) is 10.8. The van der Waals surface area contributed by atoms with Crippen LogP contribution in [0.25, 0.3) is 0 Å². The molecule has 2 rings (SSSR count). The standard InChI is InChI=1S/C20H22Cl2N2O4/c1-24(2)20(26)13-28-16-8-6-15(7-9-16)23-19(25)4-3-11-27-18-10-5-14(21)12-17(18)22/h5-10,12H,3-4,11,13H2,1-2H3,(H,23,25). The number of hydrogen-bond donors (Lipinski definition) is 1. The van der Waals surface area contributed by atoms with Crippen LogP contribution in [0.1, 0.15) is 12.8 Å².